The summed E-state index contributed by atoms with van der Waals surface area (Å²) in [5, 5.41) is 3.00. The molecule has 5 heteroatoms. The van der Waals surface area contributed by atoms with Crippen LogP contribution in [0.5, 0.6) is 0 Å². The van der Waals surface area contributed by atoms with E-state index in [1.165, 1.54) is 0 Å². The molecule has 0 unspecified atom stereocenters. The summed E-state index contributed by atoms with van der Waals surface area (Å²) in [7, 11) is 0. The van der Waals surface area contributed by atoms with E-state index in [0.29, 0.717) is 13.0 Å². The van der Waals surface area contributed by atoms with E-state index in [9.17, 15) is 9.59 Å². The average molecular weight is 270 g/mol. The molecular weight excluding hydrogens is 244 g/mol. The molecule has 0 bridgehead atoms. The molecule has 1 aliphatic rings. The first kappa shape index (κ1) is 16.0. The molecule has 5 nitrogen and oxygen atoms in total. The van der Waals surface area contributed by atoms with Crippen LogP contribution in [0.15, 0.2) is 0 Å². The number of hydrogen-bond donors (Lipinski definition) is 2. The fourth-order valence-corrected chi connectivity index (χ4v) is 2.43. The van der Waals surface area contributed by atoms with E-state index >= 15 is 0 Å². The van der Waals surface area contributed by atoms with Gasteiger partial charge in [0.25, 0.3) is 0 Å². The Morgan fingerprint density at radius 2 is 1.84 bits per heavy atom. The second-order valence-electron chi connectivity index (χ2n) is 6.03. The number of carbonyl (C=O) groups is 2. The monoisotopic (exact) mass is 270 g/mol. The number of nitrogens with two attached hydrogens (primary N) is 1. The van der Waals surface area contributed by atoms with Crippen LogP contribution in [-0.4, -0.2) is 30.1 Å². The van der Waals surface area contributed by atoms with Crippen LogP contribution in [0.2, 0.25) is 0 Å². The highest BCUT2D eigenvalue weighted by Gasteiger charge is 2.28. The molecule has 1 amide bonds. The summed E-state index contributed by atoms with van der Waals surface area (Å²) in [6.07, 6.45) is 3.57. The van der Waals surface area contributed by atoms with Crippen molar-refractivity contribution in [2.45, 2.75) is 64.5 Å². The molecule has 0 spiro atoms. The molecule has 3 N–H and O–H groups in total. The van der Waals surface area contributed by atoms with Gasteiger partial charge in [0, 0.05) is 18.0 Å². The summed E-state index contributed by atoms with van der Waals surface area (Å²) in [6, 6.07) is 0.167. The molecule has 0 aromatic rings. The van der Waals surface area contributed by atoms with E-state index in [1.807, 2.05) is 20.8 Å². The minimum Gasteiger partial charge on any atom is -0.466 e. The largest absolute Gasteiger partial charge is 0.466 e. The molecule has 0 heterocycles. The standard InChI is InChI=1S/C14H26N2O3/c1-4-19-13(18)10-5-7-11(8-6-10)16-12(17)9-14(2,3)15/h10-11H,4-9,15H2,1-3H3,(H,16,17). The van der Waals surface area contributed by atoms with Gasteiger partial charge in [0.2, 0.25) is 5.91 Å². The lowest BCUT2D eigenvalue weighted by Crippen LogP contribution is -2.44. The lowest BCUT2D eigenvalue weighted by Gasteiger charge is -2.28. The molecular formula is C14H26N2O3. The summed E-state index contributed by atoms with van der Waals surface area (Å²) >= 11 is 0. The Morgan fingerprint density at radius 1 is 1.26 bits per heavy atom. The maximum Gasteiger partial charge on any atom is 0.308 e. The zero-order valence-corrected chi connectivity index (χ0v) is 12.2. The molecule has 0 aromatic carbocycles. The smallest absolute Gasteiger partial charge is 0.308 e. The van der Waals surface area contributed by atoms with Crippen LogP contribution in [0.4, 0.5) is 0 Å². The Labute approximate surface area is 115 Å². The van der Waals surface area contributed by atoms with Crippen LogP contribution in [0.1, 0.15) is 52.9 Å². The van der Waals surface area contributed by atoms with E-state index in [1.54, 1.807) is 0 Å². The summed E-state index contributed by atoms with van der Waals surface area (Å²) in [6.45, 7) is 5.92. The van der Waals surface area contributed by atoms with E-state index in [0.717, 1.165) is 25.7 Å². The van der Waals surface area contributed by atoms with E-state index < -0.39 is 5.54 Å². The van der Waals surface area contributed by atoms with Crippen LogP contribution in [-0.2, 0) is 14.3 Å². The third-order valence-corrected chi connectivity index (χ3v) is 3.33. The molecule has 0 aliphatic heterocycles. The van der Waals surface area contributed by atoms with Gasteiger partial charge in [0.15, 0.2) is 0 Å². The minimum atomic E-state index is -0.480. The molecule has 19 heavy (non-hydrogen) atoms. The molecule has 0 atom stereocenters. The van der Waals surface area contributed by atoms with Crippen LogP contribution in [0.3, 0.4) is 0 Å². The first-order chi connectivity index (χ1) is 8.81. The molecule has 0 saturated heterocycles. The molecule has 110 valence electrons. The van der Waals surface area contributed by atoms with Crippen molar-refractivity contribution >= 4 is 11.9 Å². The molecule has 0 aromatic heterocycles. The van der Waals surface area contributed by atoms with E-state index in [4.69, 9.17) is 10.5 Å². The van der Waals surface area contributed by atoms with Crippen molar-refractivity contribution in [3.8, 4) is 0 Å². The molecule has 1 fully saturated rings. The van der Waals surface area contributed by atoms with Crippen molar-refractivity contribution in [2.24, 2.45) is 11.7 Å². The Bertz CT molecular complexity index is 315. The average Bonchev–Trinajstić information content (AvgIpc) is 2.27. The van der Waals surface area contributed by atoms with Gasteiger partial charge < -0.3 is 15.8 Å². The molecule has 0 radical (unpaired) electrons. The topological polar surface area (TPSA) is 81.4 Å². The van der Waals surface area contributed by atoms with Gasteiger partial charge in [-0.05, 0) is 46.5 Å². The number of rotatable bonds is 5. The van der Waals surface area contributed by atoms with Crippen molar-refractivity contribution in [2.75, 3.05) is 6.61 Å². The van der Waals surface area contributed by atoms with Gasteiger partial charge in [0.1, 0.15) is 0 Å². The summed E-state index contributed by atoms with van der Waals surface area (Å²) in [5.41, 5.74) is 5.33. The summed E-state index contributed by atoms with van der Waals surface area (Å²) in [4.78, 5) is 23.4. The number of hydrogen-bond acceptors (Lipinski definition) is 4. The van der Waals surface area contributed by atoms with E-state index in [2.05, 4.69) is 5.32 Å². The van der Waals surface area contributed by atoms with Crippen molar-refractivity contribution < 1.29 is 14.3 Å². The van der Waals surface area contributed by atoms with Crippen LogP contribution >= 0.6 is 0 Å². The fourth-order valence-electron chi connectivity index (χ4n) is 2.43. The molecule has 1 saturated carbocycles. The Kier molecular flexibility index (Phi) is 5.79. The summed E-state index contributed by atoms with van der Waals surface area (Å²) in [5.74, 6) is -0.110. The Hall–Kier alpha value is -1.10. The number of amides is 1. The van der Waals surface area contributed by atoms with Crippen LogP contribution in [0, 0.1) is 5.92 Å². The number of esters is 1. The van der Waals surface area contributed by atoms with Crippen molar-refractivity contribution in [1.29, 1.82) is 0 Å². The predicted octanol–water partition coefficient (Wildman–Crippen LogP) is 1.35. The highest BCUT2D eigenvalue weighted by Crippen LogP contribution is 2.25. The SMILES string of the molecule is CCOC(=O)C1CCC(NC(=O)CC(C)(C)N)CC1. The second kappa shape index (κ2) is 6.89. The van der Waals surface area contributed by atoms with Crippen molar-refractivity contribution in [1.82, 2.24) is 5.32 Å². The first-order valence-corrected chi connectivity index (χ1v) is 7.06. The zero-order chi connectivity index (χ0) is 14.5. The number of carbonyl (C=O) groups excluding carboxylic acids is 2. The lowest BCUT2D eigenvalue weighted by molar-refractivity contribution is -0.149. The fraction of sp³-hybridized carbons (Fsp3) is 0.857. The first-order valence-electron chi connectivity index (χ1n) is 7.06. The minimum absolute atomic E-state index is 0.000878. The maximum absolute atomic E-state index is 11.8. The van der Waals surface area contributed by atoms with Gasteiger partial charge in [0.05, 0.1) is 12.5 Å². The van der Waals surface area contributed by atoms with Crippen LogP contribution in [0.25, 0.3) is 0 Å². The Balaban J connectivity index is 2.30. The van der Waals surface area contributed by atoms with Gasteiger partial charge in [-0.2, -0.15) is 0 Å². The highest BCUT2D eigenvalue weighted by molar-refractivity contribution is 5.77. The van der Waals surface area contributed by atoms with Gasteiger partial charge >= 0.3 is 5.97 Å². The van der Waals surface area contributed by atoms with Gasteiger partial charge in [-0.1, -0.05) is 0 Å². The van der Waals surface area contributed by atoms with Crippen molar-refractivity contribution in [3.05, 3.63) is 0 Å². The van der Waals surface area contributed by atoms with Crippen molar-refractivity contribution in [3.63, 3.8) is 0 Å². The summed E-state index contributed by atoms with van der Waals surface area (Å²) < 4.78 is 5.02. The van der Waals surface area contributed by atoms with Gasteiger partial charge in [-0.3, -0.25) is 9.59 Å². The second-order valence-corrected chi connectivity index (χ2v) is 6.03. The van der Waals surface area contributed by atoms with Crippen LogP contribution < -0.4 is 11.1 Å². The number of ether oxygens (including phenoxy) is 1. The lowest BCUT2D eigenvalue weighted by atomic mass is 9.86. The molecule has 1 aliphatic carbocycles. The Morgan fingerprint density at radius 3 is 2.32 bits per heavy atom. The van der Waals surface area contributed by atoms with Gasteiger partial charge in [-0.25, -0.2) is 0 Å². The van der Waals surface area contributed by atoms with Gasteiger partial charge in [-0.15, -0.1) is 0 Å². The predicted molar refractivity (Wildman–Crippen MR) is 73.4 cm³/mol. The normalized spacial score (nSPS) is 23.8. The molecule has 1 rings (SSSR count). The zero-order valence-electron chi connectivity index (χ0n) is 12.2. The number of nitrogens with one attached hydrogen (secondary N) is 1. The highest BCUT2D eigenvalue weighted by atomic mass is 16.5. The maximum atomic E-state index is 11.8. The third-order valence-electron chi connectivity index (χ3n) is 3.33. The third kappa shape index (κ3) is 6.05. The quantitative estimate of drug-likeness (QED) is 0.739. The van der Waals surface area contributed by atoms with E-state index in [-0.39, 0.29) is 23.8 Å².